The van der Waals surface area contributed by atoms with Crippen LogP contribution in [0.1, 0.15) is 53.1 Å². The van der Waals surface area contributed by atoms with E-state index in [1.165, 1.54) is 23.1 Å². The molecular formula is C25H24Cl2F3N5O2. The summed E-state index contributed by atoms with van der Waals surface area (Å²) in [5.74, 6) is 0.658. The van der Waals surface area contributed by atoms with Crippen molar-refractivity contribution >= 4 is 40.8 Å². The number of oxime groups is 1. The molecule has 0 saturated heterocycles. The molecule has 0 N–H and O–H groups in total. The van der Waals surface area contributed by atoms with Crippen LogP contribution in [0, 0.1) is 13.8 Å². The molecule has 3 aromatic rings. The molecule has 1 amide bonds. The molecule has 1 aliphatic heterocycles. The smallest absolute Gasteiger partial charge is 0.374 e. The molecule has 12 heteroatoms. The second kappa shape index (κ2) is 9.98. The van der Waals surface area contributed by atoms with Crippen LogP contribution < -0.4 is 4.90 Å². The largest absolute Gasteiger partial charge is 0.435 e. The van der Waals surface area contributed by atoms with Crippen LogP contribution in [0.25, 0.3) is 0 Å². The van der Waals surface area contributed by atoms with Crippen molar-refractivity contribution in [1.82, 2.24) is 14.8 Å². The number of rotatable bonds is 6. The van der Waals surface area contributed by atoms with E-state index in [1.807, 2.05) is 13.8 Å². The standard InChI is InChI=1S/C25H24Cl2F3N5O2/c1-5-34(23-31-15(4)35(6-2)32-23)22(36)20-8-7-16(9-14(20)3)21-13-24(37-33-21,25(28,29)30)17-10-18(26)12-19(27)11-17/h7-12H,5-6,13H2,1-4H3. The van der Waals surface area contributed by atoms with E-state index >= 15 is 0 Å². The predicted octanol–water partition coefficient (Wildman–Crippen LogP) is 6.47. The van der Waals surface area contributed by atoms with Gasteiger partial charge in [0.25, 0.3) is 17.5 Å². The molecule has 2 aromatic carbocycles. The molecule has 7 nitrogen and oxygen atoms in total. The van der Waals surface area contributed by atoms with Crippen LogP contribution in [0.4, 0.5) is 19.1 Å². The summed E-state index contributed by atoms with van der Waals surface area (Å²) in [6.07, 6.45) is -5.38. The first-order valence-corrected chi connectivity index (χ1v) is 12.3. The van der Waals surface area contributed by atoms with E-state index in [1.54, 1.807) is 36.7 Å². The van der Waals surface area contributed by atoms with Crippen LogP contribution in [0.15, 0.2) is 41.6 Å². The molecule has 1 atom stereocenters. The fourth-order valence-electron chi connectivity index (χ4n) is 4.27. The van der Waals surface area contributed by atoms with Gasteiger partial charge in [0.2, 0.25) is 0 Å². The summed E-state index contributed by atoms with van der Waals surface area (Å²) in [5.41, 5.74) is -1.56. The Balaban J connectivity index is 1.63. The van der Waals surface area contributed by atoms with Gasteiger partial charge in [-0.15, -0.1) is 5.10 Å². The fourth-order valence-corrected chi connectivity index (χ4v) is 4.79. The Kier molecular flexibility index (Phi) is 7.27. The highest BCUT2D eigenvalue weighted by Crippen LogP contribution is 2.49. The highest BCUT2D eigenvalue weighted by atomic mass is 35.5. The van der Waals surface area contributed by atoms with Crippen molar-refractivity contribution < 1.29 is 22.8 Å². The third-order valence-electron chi connectivity index (χ3n) is 6.25. The number of halogens is 5. The molecule has 0 saturated carbocycles. The maximum absolute atomic E-state index is 14.3. The molecule has 1 aromatic heterocycles. The van der Waals surface area contributed by atoms with Crippen molar-refractivity contribution in [2.45, 2.75) is 52.4 Å². The van der Waals surface area contributed by atoms with Gasteiger partial charge in [0.05, 0.1) is 5.71 Å². The van der Waals surface area contributed by atoms with E-state index in [0.717, 1.165) is 0 Å². The monoisotopic (exact) mass is 553 g/mol. The van der Waals surface area contributed by atoms with Gasteiger partial charge >= 0.3 is 6.18 Å². The summed E-state index contributed by atoms with van der Waals surface area (Å²) in [4.78, 5) is 24.2. The third-order valence-corrected chi connectivity index (χ3v) is 6.69. The quantitative estimate of drug-likeness (QED) is 0.350. The summed E-state index contributed by atoms with van der Waals surface area (Å²) in [5, 5.41) is 8.28. The molecule has 1 aliphatic rings. The summed E-state index contributed by atoms with van der Waals surface area (Å²) in [7, 11) is 0. The topological polar surface area (TPSA) is 72.6 Å². The lowest BCUT2D eigenvalue weighted by atomic mass is 9.86. The van der Waals surface area contributed by atoms with Gasteiger partial charge in [-0.25, -0.2) is 4.68 Å². The van der Waals surface area contributed by atoms with Gasteiger partial charge < -0.3 is 4.84 Å². The highest BCUT2D eigenvalue weighted by Gasteiger charge is 2.62. The number of aryl methyl sites for hydroxylation is 3. The molecule has 0 spiro atoms. The summed E-state index contributed by atoms with van der Waals surface area (Å²) in [6, 6.07) is 8.41. The van der Waals surface area contributed by atoms with Crippen LogP contribution in [0.5, 0.6) is 0 Å². The first-order chi connectivity index (χ1) is 17.4. The average Bonchev–Trinajstić information content (AvgIpc) is 3.43. The van der Waals surface area contributed by atoms with Crippen molar-refractivity contribution in [3.05, 3.63) is 74.5 Å². The van der Waals surface area contributed by atoms with Crippen LogP contribution in [-0.4, -0.2) is 39.1 Å². The van der Waals surface area contributed by atoms with E-state index in [9.17, 15) is 18.0 Å². The summed E-state index contributed by atoms with van der Waals surface area (Å²) in [6.45, 7) is 8.20. The van der Waals surface area contributed by atoms with Crippen LogP contribution in [0.2, 0.25) is 10.0 Å². The molecule has 0 radical (unpaired) electrons. The van der Waals surface area contributed by atoms with Gasteiger partial charge in [-0.1, -0.05) is 34.4 Å². The van der Waals surface area contributed by atoms with E-state index < -0.39 is 18.2 Å². The number of aromatic nitrogens is 3. The predicted molar refractivity (Wildman–Crippen MR) is 135 cm³/mol. The Morgan fingerprint density at radius 1 is 1.14 bits per heavy atom. The van der Waals surface area contributed by atoms with E-state index in [4.69, 9.17) is 28.0 Å². The number of hydrogen-bond donors (Lipinski definition) is 0. The number of nitrogens with zero attached hydrogens (tertiary/aromatic N) is 5. The number of amides is 1. The Morgan fingerprint density at radius 2 is 1.81 bits per heavy atom. The molecule has 4 rings (SSSR count). The lowest BCUT2D eigenvalue weighted by molar-refractivity contribution is -0.275. The van der Waals surface area contributed by atoms with Crippen LogP contribution in [0.3, 0.4) is 0 Å². The maximum atomic E-state index is 14.3. The number of hydrogen-bond acceptors (Lipinski definition) is 5. The van der Waals surface area contributed by atoms with Gasteiger partial charge in [0, 0.05) is 40.7 Å². The number of carbonyl (C=O) groups is 1. The van der Waals surface area contributed by atoms with Crippen molar-refractivity contribution in [2.24, 2.45) is 5.16 Å². The second-order valence-corrected chi connectivity index (χ2v) is 9.52. The number of anilines is 1. The zero-order chi connectivity index (χ0) is 27.1. The van der Waals surface area contributed by atoms with Gasteiger partial charge in [-0.2, -0.15) is 18.2 Å². The first kappa shape index (κ1) is 26.9. The van der Waals surface area contributed by atoms with Crippen LogP contribution in [-0.2, 0) is 17.0 Å². The Hall–Kier alpha value is -3.11. The molecule has 37 heavy (non-hydrogen) atoms. The van der Waals surface area contributed by atoms with Crippen molar-refractivity contribution in [2.75, 3.05) is 11.4 Å². The molecule has 2 heterocycles. The minimum absolute atomic E-state index is 0.0517. The Morgan fingerprint density at radius 3 is 2.35 bits per heavy atom. The lowest BCUT2D eigenvalue weighted by Gasteiger charge is -2.29. The van der Waals surface area contributed by atoms with Gasteiger partial charge in [0.15, 0.2) is 0 Å². The summed E-state index contributed by atoms with van der Waals surface area (Å²) < 4.78 is 44.6. The fraction of sp³-hybridized carbons (Fsp3) is 0.360. The van der Waals surface area contributed by atoms with Crippen molar-refractivity contribution in [3.63, 3.8) is 0 Å². The van der Waals surface area contributed by atoms with Crippen molar-refractivity contribution in [3.8, 4) is 0 Å². The number of benzene rings is 2. The zero-order valence-corrected chi connectivity index (χ0v) is 22.0. The van der Waals surface area contributed by atoms with Gasteiger partial charge in [0.1, 0.15) is 5.82 Å². The minimum atomic E-state index is -4.80. The maximum Gasteiger partial charge on any atom is 0.435 e. The molecule has 0 bridgehead atoms. The molecule has 196 valence electrons. The Bertz CT molecular complexity index is 1370. The SMILES string of the molecule is CCN(C(=O)c1ccc(C2=NOC(c3cc(Cl)cc(Cl)c3)(C(F)(F)F)C2)cc1C)c1nc(C)n(CC)n1. The van der Waals surface area contributed by atoms with E-state index in [2.05, 4.69) is 15.2 Å². The van der Waals surface area contributed by atoms with Gasteiger partial charge in [-0.3, -0.25) is 9.69 Å². The lowest BCUT2D eigenvalue weighted by Crippen LogP contribution is -2.42. The second-order valence-electron chi connectivity index (χ2n) is 8.64. The molecular weight excluding hydrogens is 530 g/mol. The zero-order valence-electron chi connectivity index (χ0n) is 20.5. The molecule has 1 unspecified atom stereocenters. The molecule has 0 fully saturated rings. The van der Waals surface area contributed by atoms with Gasteiger partial charge in [-0.05, 0) is 69.2 Å². The highest BCUT2D eigenvalue weighted by molar-refractivity contribution is 6.34. The minimum Gasteiger partial charge on any atom is -0.374 e. The number of carbonyl (C=O) groups excluding carboxylic acids is 1. The van der Waals surface area contributed by atoms with Crippen LogP contribution >= 0.6 is 23.2 Å². The number of alkyl halides is 3. The average molecular weight is 554 g/mol. The van der Waals surface area contributed by atoms with E-state index in [-0.39, 0.29) is 27.2 Å². The first-order valence-electron chi connectivity index (χ1n) is 11.5. The summed E-state index contributed by atoms with van der Waals surface area (Å²) >= 11 is 11.9. The third kappa shape index (κ3) is 4.92. The molecule has 0 aliphatic carbocycles. The van der Waals surface area contributed by atoms with E-state index in [0.29, 0.717) is 41.6 Å². The van der Waals surface area contributed by atoms with Crippen molar-refractivity contribution in [1.29, 1.82) is 0 Å². The normalized spacial score (nSPS) is 17.5. The Labute approximate surface area is 221 Å².